The van der Waals surface area contributed by atoms with Crippen molar-refractivity contribution in [1.82, 2.24) is 4.72 Å². The summed E-state index contributed by atoms with van der Waals surface area (Å²) in [5, 5.41) is 0. The zero-order valence-electron chi connectivity index (χ0n) is 10.7. The molecule has 7 heteroatoms. The Morgan fingerprint density at radius 2 is 1.65 bits per heavy atom. The molecule has 5 nitrogen and oxygen atoms in total. The van der Waals surface area contributed by atoms with Crippen LogP contribution in [0.15, 0.2) is 59.8 Å². The van der Waals surface area contributed by atoms with Crippen molar-refractivity contribution < 1.29 is 25.4 Å². The van der Waals surface area contributed by atoms with Gasteiger partial charge in [0.2, 0.25) is 10.0 Å². The van der Waals surface area contributed by atoms with E-state index < -0.39 is 10.0 Å². The summed E-state index contributed by atoms with van der Waals surface area (Å²) in [6, 6.07) is 11.8. The number of nitrogen functional groups attached to an aromatic ring is 1. The highest BCUT2D eigenvalue weighted by Gasteiger charge is 2.13. The predicted octanol–water partition coefficient (Wildman–Crippen LogP) is -2.46. The predicted molar refractivity (Wildman–Crippen MR) is 72.7 cm³/mol. The second kappa shape index (κ2) is 7.23. The number of nitrogens with zero attached hydrogens (tertiary/aromatic N) is 1. The van der Waals surface area contributed by atoms with Gasteiger partial charge >= 0.3 is 0 Å². The molecule has 1 heterocycles. The van der Waals surface area contributed by atoms with Crippen LogP contribution >= 0.6 is 0 Å². The van der Waals surface area contributed by atoms with Gasteiger partial charge in [0.05, 0.1) is 11.4 Å². The van der Waals surface area contributed by atoms with Gasteiger partial charge in [-0.2, -0.15) is 0 Å². The van der Waals surface area contributed by atoms with E-state index in [1.54, 1.807) is 12.1 Å². The molecule has 0 amide bonds. The van der Waals surface area contributed by atoms with Crippen molar-refractivity contribution in [2.75, 3.05) is 12.3 Å². The van der Waals surface area contributed by atoms with Crippen molar-refractivity contribution >= 4 is 15.7 Å². The highest BCUT2D eigenvalue weighted by atomic mass is 35.5. The fraction of sp³-hybridized carbons (Fsp3) is 0.154. The van der Waals surface area contributed by atoms with Crippen LogP contribution in [-0.2, 0) is 16.6 Å². The molecule has 0 aliphatic carbocycles. The average molecular weight is 314 g/mol. The minimum absolute atomic E-state index is 0. The maximum atomic E-state index is 12.0. The van der Waals surface area contributed by atoms with Gasteiger partial charge in [0.1, 0.15) is 0 Å². The molecule has 0 saturated carbocycles. The van der Waals surface area contributed by atoms with E-state index in [1.165, 1.54) is 12.1 Å². The Bertz CT molecular complexity index is 630. The number of pyridine rings is 1. The fourth-order valence-electron chi connectivity index (χ4n) is 1.62. The Morgan fingerprint density at radius 1 is 1.05 bits per heavy atom. The summed E-state index contributed by atoms with van der Waals surface area (Å²) in [6.07, 6.45) is 3.77. The van der Waals surface area contributed by atoms with Gasteiger partial charge in [-0.3, -0.25) is 0 Å². The van der Waals surface area contributed by atoms with E-state index in [1.807, 2.05) is 35.2 Å². The highest BCUT2D eigenvalue weighted by Crippen LogP contribution is 2.10. The molecule has 0 atom stereocenters. The number of anilines is 1. The van der Waals surface area contributed by atoms with Crippen LogP contribution in [0.5, 0.6) is 0 Å². The summed E-state index contributed by atoms with van der Waals surface area (Å²) in [5.74, 6) is 0. The lowest BCUT2D eigenvalue weighted by Gasteiger charge is -2.05. The number of sulfonamides is 1. The van der Waals surface area contributed by atoms with Gasteiger partial charge in [-0.1, -0.05) is 6.07 Å². The first-order valence-corrected chi connectivity index (χ1v) is 7.35. The maximum absolute atomic E-state index is 12.0. The molecule has 20 heavy (non-hydrogen) atoms. The van der Waals surface area contributed by atoms with Crippen LogP contribution in [0.25, 0.3) is 0 Å². The van der Waals surface area contributed by atoms with Crippen LogP contribution in [0.4, 0.5) is 5.69 Å². The molecule has 0 saturated heterocycles. The fourth-order valence-corrected chi connectivity index (χ4v) is 2.64. The lowest BCUT2D eigenvalue weighted by atomic mass is 10.3. The molecule has 0 aliphatic rings. The number of nitrogens with two attached hydrogens (primary N) is 1. The van der Waals surface area contributed by atoms with Gasteiger partial charge in [0.25, 0.3) is 0 Å². The molecule has 2 aromatic rings. The smallest absolute Gasteiger partial charge is 0.240 e. The van der Waals surface area contributed by atoms with E-state index in [-0.39, 0.29) is 17.3 Å². The van der Waals surface area contributed by atoms with Crippen molar-refractivity contribution in [3.8, 4) is 0 Å². The molecule has 0 aliphatic heterocycles. The van der Waals surface area contributed by atoms with Gasteiger partial charge in [-0.25, -0.2) is 17.7 Å². The van der Waals surface area contributed by atoms with Gasteiger partial charge in [-0.05, 0) is 24.3 Å². The van der Waals surface area contributed by atoms with Crippen molar-refractivity contribution in [2.45, 2.75) is 11.4 Å². The summed E-state index contributed by atoms with van der Waals surface area (Å²) in [7, 11) is -3.47. The number of nitrogens with one attached hydrogen (secondary N) is 1. The zero-order chi connectivity index (χ0) is 13.7. The normalized spacial score (nSPS) is 10.8. The molecule has 3 N–H and O–H groups in total. The van der Waals surface area contributed by atoms with Crippen LogP contribution in [0.2, 0.25) is 0 Å². The standard InChI is InChI=1S/C13H16N3O2S.ClH/c14-12-4-6-13(7-5-12)19(17,18)15-8-11-16-9-2-1-3-10-16;/h1-7,9-10,15H,8,11,14H2;1H/q+1;/p-1. The summed E-state index contributed by atoms with van der Waals surface area (Å²) in [4.78, 5) is 0.222. The first-order valence-electron chi connectivity index (χ1n) is 5.87. The topological polar surface area (TPSA) is 76.1 Å². The summed E-state index contributed by atoms with van der Waals surface area (Å²) in [5.41, 5.74) is 6.07. The van der Waals surface area contributed by atoms with E-state index >= 15 is 0 Å². The molecule has 1 aromatic heterocycles. The molecule has 2 rings (SSSR count). The van der Waals surface area contributed by atoms with Crippen LogP contribution in [0.3, 0.4) is 0 Å². The molecular formula is C13H16ClN3O2S. The number of hydrogen-bond donors (Lipinski definition) is 2. The second-order valence-electron chi connectivity index (χ2n) is 4.08. The monoisotopic (exact) mass is 313 g/mol. The minimum Gasteiger partial charge on any atom is -1.00 e. The molecular weight excluding hydrogens is 298 g/mol. The van der Waals surface area contributed by atoms with Crippen molar-refractivity contribution in [3.63, 3.8) is 0 Å². The number of hydrogen-bond acceptors (Lipinski definition) is 3. The Kier molecular flexibility index (Phi) is 5.94. The van der Waals surface area contributed by atoms with Crippen molar-refractivity contribution in [3.05, 3.63) is 54.9 Å². The Balaban J connectivity index is 0.00000200. The van der Waals surface area contributed by atoms with Crippen LogP contribution in [0, 0.1) is 0 Å². The van der Waals surface area contributed by atoms with Crippen molar-refractivity contribution in [1.29, 1.82) is 0 Å². The highest BCUT2D eigenvalue weighted by molar-refractivity contribution is 7.89. The third kappa shape index (κ3) is 4.48. The third-order valence-electron chi connectivity index (χ3n) is 2.63. The Hall–Kier alpha value is -1.63. The van der Waals surface area contributed by atoms with Crippen molar-refractivity contribution in [2.24, 2.45) is 0 Å². The van der Waals surface area contributed by atoms with E-state index in [2.05, 4.69) is 4.72 Å². The summed E-state index contributed by atoms with van der Waals surface area (Å²) in [6.45, 7) is 0.913. The van der Waals surface area contributed by atoms with Crippen LogP contribution < -0.4 is 27.4 Å². The van der Waals surface area contributed by atoms with Crippen LogP contribution in [-0.4, -0.2) is 15.0 Å². The molecule has 0 radical (unpaired) electrons. The maximum Gasteiger partial charge on any atom is 0.240 e. The quantitative estimate of drug-likeness (QED) is 0.475. The summed E-state index contributed by atoms with van der Waals surface area (Å²) < 4.78 is 28.4. The lowest BCUT2D eigenvalue weighted by molar-refractivity contribution is -0.694. The molecule has 0 unspecified atom stereocenters. The SMILES string of the molecule is Nc1ccc(S(=O)(=O)NCC[n+]2ccccc2)cc1.[Cl-]. The first kappa shape index (κ1) is 16.4. The number of halogens is 1. The molecule has 1 aromatic carbocycles. The third-order valence-corrected chi connectivity index (χ3v) is 4.11. The number of benzene rings is 1. The Labute approximate surface area is 124 Å². The van der Waals surface area contributed by atoms with E-state index in [0.29, 0.717) is 18.8 Å². The summed E-state index contributed by atoms with van der Waals surface area (Å²) >= 11 is 0. The van der Waals surface area contributed by atoms with E-state index in [0.717, 1.165) is 0 Å². The molecule has 0 bridgehead atoms. The molecule has 0 fully saturated rings. The largest absolute Gasteiger partial charge is 1.00 e. The molecule has 0 spiro atoms. The van der Waals surface area contributed by atoms with Gasteiger partial charge < -0.3 is 18.1 Å². The zero-order valence-corrected chi connectivity index (χ0v) is 12.3. The number of aromatic nitrogens is 1. The Morgan fingerprint density at radius 3 is 2.25 bits per heavy atom. The molecule has 108 valence electrons. The minimum atomic E-state index is -3.47. The van der Waals surface area contributed by atoms with E-state index in [9.17, 15) is 8.42 Å². The first-order chi connectivity index (χ1) is 9.08. The van der Waals surface area contributed by atoms with Gasteiger partial charge in [0.15, 0.2) is 18.9 Å². The average Bonchev–Trinajstić information content (AvgIpc) is 2.40. The van der Waals surface area contributed by atoms with Crippen LogP contribution in [0.1, 0.15) is 0 Å². The second-order valence-corrected chi connectivity index (χ2v) is 5.85. The van der Waals surface area contributed by atoms with Gasteiger partial charge in [0, 0.05) is 17.8 Å². The lowest BCUT2D eigenvalue weighted by Crippen LogP contribution is -3.00. The number of rotatable bonds is 5. The van der Waals surface area contributed by atoms with E-state index in [4.69, 9.17) is 5.73 Å². The van der Waals surface area contributed by atoms with Gasteiger partial charge in [-0.15, -0.1) is 0 Å².